The maximum Gasteiger partial charge on any atom is 0.216 e. The molecule has 1 saturated heterocycles. The average molecular weight is 318 g/mol. The summed E-state index contributed by atoms with van der Waals surface area (Å²) >= 11 is 0. The summed E-state index contributed by atoms with van der Waals surface area (Å²) in [6, 6.07) is 0. The fourth-order valence-electron chi connectivity index (χ4n) is 2.07. The van der Waals surface area contributed by atoms with Gasteiger partial charge in [0.1, 0.15) is 0 Å². The summed E-state index contributed by atoms with van der Waals surface area (Å²) < 4.78 is 31.5. The van der Waals surface area contributed by atoms with E-state index in [1.807, 2.05) is 20.8 Å². The van der Waals surface area contributed by atoms with Crippen LogP contribution in [-0.2, 0) is 14.8 Å². The van der Waals surface area contributed by atoms with Crippen LogP contribution in [0.5, 0.6) is 0 Å². The molecule has 0 bridgehead atoms. The lowest BCUT2D eigenvalue weighted by Gasteiger charge is -2.34. The first-order chi connectivity index (χ1) is 9.70. The number of ether oxygens (including phenoxy) is 1. The molecule has 8 heteroatoms. The van der Waals surface area contributed by atoms with Crippen molar-refractivity contribution in [3.8, 4) is 0 Å². The first-order valence-corrected chi connectivity index (χ1v) is 8.63. The van der Waals surface area contributed by atoms with E-state index in [9.17, 15) is 8.42 Å². The molecule has 1 fully saturated rings. The molecule has 1 heterocycles. The highest BCUT2D eigenvalue weighted by molar-refractivity contribution is 7.89. The molecule has 0 amide bonds. The van der Waals surface area contributed by atoms with Crippen LogP contribution in [0.4, 0.5) is 0 Å². The Labute approximate surface area is 127 Å². The lowest BCUT2D eigenvalue weighted by atomic mass is 10.3. The van der Waals surface area contributed by atoms with Gasteiger partial charge in [-0.1, -0.05) is 12.2 Å². The zero-order valence-corrected chi connectivity index (χ0v) is 13.8. The largest absolute Gasteiger partial charge is 0.373 e. The second-order valence-corrected chi connectivity index (χ2v) is 7.56. The zero-order chi connectivity index (χ0) is 16.0. The van der Waals surface area contributed by atoms with E-state index in [1.165, 1.54) is 4.31 Å². The maximum atomic E-state index is 12.3. The van der Waals surface area contributed by atoms with Crippen molar-refractivity contribution < 1.29 is 13.2 Å². The van der Waals surface area contributed by atoms with Gasteiger partial charge in [-0.25, -0.2) is 13.4 Å². The number of rotatable bonds is 6. The summed E-state index contributed by atoms with van der Waals surface area (Å²) in [4.78, 5) is 4.04. The standard InChI is InChI=1S/C13H26N4O3S/c1-10(2)7-16-13(14)15-5-6-21(18,19)17-8-11(3)20-12(4)9-17/h11-12H,1,5-9H2,2-4H3,(H3,14,15,16). The molecule has 0 spiro atoms. The SMILES string of the molecule is C=C(C)CN=C(N)NCCS(=O)(=O)N1CC(C)OC(C)C1. The second-order valence-electron chi connectivity index (χ2n) is 5.48. The van der Waals surface area contributed by atoms with Gasteiger partial charge in [0.2, 0.25) is 10.0 Å². The Morgan fingerprint density at radius 1 is 1.43 bits per heavy atom. The molecule has 0 radical (unpaired) electrons. The van der Waals surface area contributed by atoms with Crippen molar-refractivity contribution in [2.24, 2.45) is 10.7 Å². The van der Waals surface area contributed by atoms with E-state index in [0.717, 1.165) is 5.57 Å². The number of hydrogen-bond acceptors (Lipinski definition) is 4. The average Bonchev–Trinajstić information content (AvgIpc) is 2.35. The minimum atomic E-state index is -3.31. The number of sulfonamides is 1. The van der Waals surface area contributed by atoms with Crippen LogP contribution in [0, 0.1) is 0 Å². The van der Waals surface area contributed by atoms with Crippen LogP contribution in [0.1, 0.15) is 20.8 Å². The monoisotopic (exact) mass is 318 g/mol. The molecule has 21 heavy (non-hydrogen) atoms. The molecule has 3 N–H and O–H groups in total. The highest BCUT2D eigenvalue weighted by Crippen LogP contribution is 2.14. The van der Waals surface area contributed by atoms with Crippen molar-refractivity contribution in [1.82, 2.24) is 9.62 Å². The number of nitrogens with one attached hydrogen (secondary N) is 1. The van der Waals surface area contributed by atoms with Crippen molar-refractivity contribution in [3.05, 3.63) is 12.2 Å². The number of nitrogens with zero attached hydrogens (tertiary/aromatic N) is 2. The summed E-state index contributed by atoms with van der Waals surface area (Å²) in [6.07, 6.45) is -0.169. The van der Waals surface area contributed by atoms with Crippen molar-refractivity contribution in [2.75, 3.05) is 31.9 Å². The third kappa shape index (κ3) is 6.45. The Hall–Kier alpha value is -1.12. The quantitative estimate of drug-likeness (QED) is 0.405. The number of aliphatic imine (C=N–C) groups is 1. The van der Waals surface area contributed by atoms with Crippen molar-refractivity contribution in [3.63, 3.8) is 0 Å². The molecule has 0 aromatic carbocycles. The van der Waals surface area contributed by atoms with Crippen molar-refractivity contribution >= 4 is 16.0 Å². The molecule has 1 aliphatic heterocycles. The molecular formula is C13H26N4O3S. The molecule has 7 nitrogen and oxygen atoms in total. The molecule has 0 aromatic rings. The molecule has 2 atom stereocenters. The smallest absolute Gasteiger partial charge is 0.216 e. The number of nitrogens with two attached hydrogens (primary N) is 1. The van der Waals surface area contributed by atoms with Crippen molar-refractivity contribution in [2.45, 2.75) is 33.0 Å². The van der Waals surface area contributed by atoms with Gasteiger partial charge in [0.25, 0.3) is 0 Å². The molecule has 0 saturated carbocycles. The lowest BCUT2D eigenvalue weighted by molar-refractivity contribution is -0.0440. The van der Waals surface area contributed by atoms with Gasteiger partial charge in [0.15, 0.2) is 5.96 Å². The van der Waals surface area contributed by atoms with E-state index in [2.05, 4.69) is 16.9 Å². The summed E-state index contributed by atoms with van der Waals surface area (Å²) in [5.74, 6) is 0.215. The van der Waals surface area contributed by atoms with Crippen molar-refractivity contribution in [1.29, 1.82) is 0 Å². The van der Waals surface area contributed by atoms with Crippen LogP contribution in [0.15, 0.2) is 17.1 Å². The van der Waals surface area contributed by atoms with Crippen LogP contribution in [-0.4, -0.2) is 62.8 Å². The first-order valence-electron chi connectivity index (χ1n) is 7.02. The third-order valence-corrected chi connectivity index (χ3v) is 4.77. The van der Waals surface area contributed by atoms with Gasteiger partial charge in [-0.2, -0.15) is 4.31 Å². The zero-order valence-electron chi connectivity index (χ0n) is 13.0. The van der Waals surface area contributed by atoms with Crippen LogP contribution in [0.3, 0.4) is 0 Å². The summed E-state index contributed by atoms with van der Waals surface area (Å²) in [7, 11) is -3.31. The van der Waals surface area contributed by atoms with E-state index >= 15 is 0 Å². The molecule has 2 unspecified atom stereocenters. The van der Waals surface area contributed by atoms with Gasteiger partial charge >= 0.3 is 0 Å². The Kier molecular flexibility index (Phi) is 6.63. The Morgan fingerprint density at radius 2 is 2.00 bits per heavy atom. The molecule has 1 aliphatic rings. The Balaban J connectivity index is 2.46. The normalized spacial score (nSPS) is 24.8. The van der Waals surface area contributed by atoms with Gasteiger partial charge in [-0.3, -0.25) is 0 Å². The number of morpholine rings is 1. The van der Waals surface area contributed by atoms with Crippen LogP contribution < -0.4 is 11.1 Å². The highest BCUT2D eigenvalue weighted by atomic mass is 32.2. The lowest BCUT2D eigenvalue weighted by Crippen LogP contribution is -2.50. The second kappa shape index (κ2) is 7.77. The summed E-state index contributed by atoms with van der Waals surface area (Å²) in [6.45, 7) is 10.8. The first kappa shape index (κ1) is 17.9. The molecular weight excluding hydrogens is 292 g/mol. The highest BCUT2D eigenvalue weighted by Gasteiger charge is 2.30. The predicted octanol–water partition coefficient (Wildman–Crippen LogP) is -0.0942. The van der Waals surface area contributed by atoms with Gasteiger partial charge in [0, 0.05) is 19.6 Å². The Bertz CT molecular complexity index is 480. The van der Waals surface area contributed by atoms with E-state index in [1.54, 1.807) is 0 Å². The van der Waals surface area contributed by atoms with E-state index in [0.29, 0.717) is 19.6 Å². The van der Waals surface area contributed by atoms with Crippen LogP contribution >= 0.6 is 0 Å². The van der Waals surface area contributed by atoms with E-state index in [4.69, 9.17) is 10.5 Å². The minimum Gasteiger partial charge on any atom is -0.373 e. The predicted molar refractivity (Wildman–Crippen MR) is 84.7 cm³/mol. The molecule has 1 rings (SSSR count). The molecule has 0 aliphatic carbocycles. The minimum absolute atomic E-state index is 0.0181. The fourth-order valence-corrected chi connectivity index (χ4v) is 3.56. The maximum absolute atomic E-state index is 12.3. The number of guanidine groups is 1. The topological polar surface area (TPSA) is 97.0 Å². The summed E-state index contributed by atoms with van der Waals surface area (Å²) in [5.41, 5.74) is 6.54. The third-order valence-electron chi connectivity index (χ3n) is 2.96. The van der Waals surface area contributed by atoms with Gasteiger partial charge in [-0.05, 0) is 20.8 Å². The van der Waals surface area contributed by atoms with Gasteiger partial charge < -0.3 is 15.8 Å². The Morgan fingerprint density at radius 3 is 2.52 bits per heavy atom. The molecule has 122 valence electrons. The van der Waals surface area contributed by atoms with E-state index in [-0.39, 0.29) is 30.5 Å². The fraction of sp³-hybridized carbons (Fsp3) is 0.769. The number of hydrogen-bond donors (Lipinski definition) is 2. The van der Waals surface area contributed by atoms with E-state index < -0.39 is 10.0 Å². The van der Waals surface area contributed by atoms with Gasteiger partial charge in [-0.15, -0.1) is 0 Å². The van der Waals surface area contributed by atoms with Gasteiger partial charge in [0.05, 0.1) is 24.5 Å². The molecule has 0 aromatic heterocycles. The summed E-state index contributed by atoms with van der Waals surface area (Å²) in [5, 5.41) is 2.81. The van der Waals surface area contributed by atoms with Crippen LogP contribution in [0.25, 0.3) is 0 Å². The van der Waals surface area contributed by atoms with Crippen LogP contribution in [0.2, 0.25) is 0 Å².